The van der Waals surface area contributed by atoms with Crippen LogP contribution in [0.1, 0.15) is 65.7 Å². The number of rotatable bonds is 10. The Kier molecular flexibility index (Phi) is 12.3. The van der Waals surface area contributed by atoms with Gasteiger partial charge >= 0.3 is 0 Å². The standard InChI is InChI=1S/C18H37N3O2S.HI/c1-5-19-17(20-13-8-11-16-9-6-7-10-16)21-15-18(2,3)12-14-24(4,22)23;/h16H,5-15H2,1-4H3,(H2,19,20,21);1H. The molecule has 0 atom stereocenters. The van der Waals surface area contributed by atoms with E-state index in [2.05, 4.69) is 36.4 Å². The second kappa shape index (κ2) is 12.4. The fourth-order valence-electron chi connectivity index (χ4n) is 3.07. The Morgan fingerprint density at radius 3 is 2.40 bits per heavy atom. The van der Waals surface area contributed by atoms with Gasteiger partial charge in [-0.25, -0.2) is 8.42 Å². The average Bonchev–Trinajstić information content (AvgIpc) is 3.00. The predicted molar refractivity (Wildman–Crippen MR) is 119 cm³/mol. The van der Waals surface area contributed by atoms with Crippen molar-refractivity contribution in [3.63, 3.8) is 0 Å². The highest BCUT2D eigenvalue weighted by Crippen LogP contribution is 2.28. The summed E-state index contributed by atoms with van der Waals surface area (Å²) in [6.07, 6.45) is 10.1. The molecule has 0 heterocycles. The molecule has 1 rings (SSSR count). The van der Waals surface area contributed by atoms with Crippen LogP contribution in [0.25, 0.3) is 0 Å². The lowest BCUT2D eigenvalue weighted by molar-refractivity contribution is 0.365. The topological polar surface area (TPSA) is 70.6 Å². The molecular weight excluding hydrogens is 449 g/mol. The van der Waals surface area contributed by atoms with Crippen molar-refractivity contribution in [3.05, 3.63) is 0 Å². The van der Waals surface area contributed by atoms with E-state index in [1.54, 1.807) is 0 Å². The maximum Gasteiger partial charge on any atom is 0.191 e. The van der Waals surface area contributed by atoms with Crippen LogP contribution in [0.3, 0.4) is 0 Å². The van der Waals surface area contributed by atoms with E-state index in [-0.39, 0.29) is 35.1 Å². The first-order chi connectivity index (χ1) is 11.2. The zero-order valence-corrected chi connectivity index (χ0v) is 19.6. The molecule has 0 aromatic heterocycles. The molecule has 1 aliphatic rings. The molecule has 0 spiro atoms. The minimum absolute atomic E-state index is 0. The van der Waals surface area contributed by atoms with Crippen molar-refractivity contribution < 1.29 is 8.42 Å². The molecule has 1 saturated carbocycles. The Labute approximate surface area is 172 Å². The van der Waals surface area contributed by atoms with Crippen LogP contribution in [0.15, 0.2) is 4.99 Å². The van der Waals surface area contributed by atoms with E-state index in [4.69, 9.17) is 0 Å². The highest BCUT2D eigenvalue weighted by Gasteiger charge is 2.20. The lowest BCUT2D eigenvalue weighted by atomic mass is 9.90. The van der Waals surface area contributed by atoms with Gasteiger partial charge in [0.15, 0.2) is 5.96 Å². The summed E-state index contributed by atoms with van der Waals surface area (Å²) in [6, 6.07) is 0. The molecule has 7 heteroatoms. The van der Waals surface area contributed by atoms with Gasteiger partial charge < -0.3 is 10.6 Å². The van der Waals surface area contributed by atoms with E-state index < -0.39 is 9.84 Å². The van der Waals surface area contributed by atoms with Gasteiger partial charge in [-0.15, -0.1) is 24.0 Å². The highest BCUT2D eigenvalue weighted by molar-refractivity contribution is 14.0. The van der Waals surface area contributed by atoms with Gasteiger partial charge in [0.1, 0.15) is 9.84 Å². The van der Waals surface area contributed by atoms with Crippen LogP contribution in [0.4, 0.5) is 0 Å². The first-order valence-corrected chi connectivity index (χ1v) is 11.5. The van der Waals surface area contributed by atoms with E-state index in [1.807, 2.05) is 0 Å². The smallest absolute Gasteiger partial charge is 0.191 e. The van der Waals surface area contributed by atoms with Crippen LogP contribution in [0.5, 0.6) is 0 Å². The van der Waals surface area contributed by atoms with Crippen molar-refractivity contribution in [1.82, 2.24) is 10.6 Å². The molecule has 0 amide bonds. The van der Waals surface area contributed by atoms with Gasteiger partial charge in [-0.1, -0.05) is 39.5 Å². The number of halogens is 1. The van der Waals surface area contributed by atoms with E-state index >= 15 is 0 Å². The van der Waals surface area contributed by atoms with Crippen LogP contribution < -0.4 is 10.6 Å². The number of nitrogens with one attached hydrogen (secondary N) is 2. The van der Waals surface area contributed by atoms with Crippen LogP contribution in [-0.2, 0) is 9.84 Å². The number of hydrogen-bond donors (Lipinski definition) is 2. The molecule has 0 radical (unpaired) electrons. The van der Waals surface area contributed by atoms with E-state index in [0.717, 1.165) is 25.0 Å². The van der Waals surface area contributed by atoms with Gasteiger partial charge in [0.2, 0.25) is 0 Å². The fourth-order valence-corrected chi connectivity index (χ4v) is 4.00. The summed E-state index contributed by atoms with van der Waals surface area (Å²) in [4.78, 5) is 4.65. The normalized spacial score (nSPS) is 16.6. The molecule has 25 heavy (non-hydrogen) atoms. The molecular formula is C18H38IN3O2S. The average molecular weight is 487 g/mol. The summed E-state index contributed by atoms with van der Waals surface area (Å²) in [5, 5.41) is 6.69. The largest absolute Gasteiger partial charge is 0.357 e. The van der Waals surface area contributed by atoms with Crippen LogP contribution in [0, 0.1) is 11.3 Å². The molecule has 0 aromatic carbocycles. The molecule has 0 bridgehead atoms. The fraction of sp³-hybridized carbons (Fsp3) is 0.944. The minimum atomic E-state index is -2.91. The number of sulfone groups is 1. The first-order valence-electron chi connectivity index (χ1n) is 9.42. The third kappa shape index (κ3) is 12.9. The maximum absolute atomic E-state index is 11.3. The second-order valence-electron chi connectivity index (χ2n) is 7.96. The minimum Gasteiger partial charge on any atom is -0.357 e. The van der Waals surface area contributed by atoms with Crippen molar-refractivity contribution >= 4 is 39.8 Å². The lowest BCUT2D eigenvalue weighted by Gasteiger charge is -2.22. The number of aliphatic imine (C=N–C) groups is 1. The third-order valence-electron chi connectivity index (χ3n) is 4.72. The van der Waals surface area contributed by atoms with Crippen LogP contribution in [-0.4, -0.2) is 46.0 Å². The second-order valence-corrected chi connectivity index (χ2v) is 10.2. The molecule has 1 fully saturated rings. The van der Waals surface area contributed by atoms with E-state index in [0.29, 0.717) is 13.0 Å². The Balaban J connectivity index is 0.00000576. The molecule has 5 nitrogen and oxygen atoms in total. The molecule has 0 unspecified atom stereocenters. The molecule has 2 N–H and O–H groups in total. The van der Waals surface area contributed by atoms with Crippen molar-refractivity contribution in [2.45, 2.75) is 65.7 Å². The summed E-state index contributed by atoms with van der Waals surface area (Å²) in [7, 11) is -2.91. The van der Waals surface area contributed by atoms with E-state index in [9.17, 15) is 8.42 Å². The Morgan fingerprint density at radius 1 is 1.20 bits per heavy atom. The van der Waals surface area contributed by atoms with Gasteiger partial charge in [0.05, 0.1) is 5.75 Å². The zero-order valence-electron chi connectivity index (χ0n) is 16.4. The maximum atomic E-state index is 11.3. The van der Waals surface area contributed by atoms with Crippen molar-refractivity contribution in [3.8, 4) is 0 Å². The van der Waals surface area contributed by atoms with Gasteiger partial charge in [0, 0.05) is 25.9 Å². The Hall–Kier alpha value is -0.0500. The number of guanidine groups is 1. The molecule has 0 saturated heterocycles. The molecule has 1 aliphatic carbocycles. The number of nitrogens with zero attached hydrogens (tertiary/aromatic N) is 1. The summed E-state index contributed by atoms with van der Waals surface area (Å²) >= 11 is 0. The van der Waals surface area contributed by atoms with Crippen molar-refractivity contribution in [2.75, 3.05) is 31.6 Å². The highest BCUT2D eigenvalue weighted by atomic mass is 127. The SMILES string of the molecule is CCNC(=NCC(C)(C)CCS(C)(=O)=O)NCCCC1CCCC1.I. The van der Waals surface area contributed by atoms with Gasteiger partial charge in [-0.3, -0.25) is 4.99 Å². The van der Waals surface area contributed by atoms with E-state index in [1.165, 1.54) is 44.8 Å². The summed E-state index contributed by atoms with van der Waals surface area (Å²) in [5.41, 5.74) is -0.116. The molecule has 150 valence electrons. The first kappa shape index (κ1) is 24.9. The lowest BCUT2D eigenvalue weighted by Crippen LogP contribution is -2.38. The van der Waals surface area contributed by atoms with Crippen molar-refractivity contribution in [1.29, 1.82) is 0 Å². The van der Waals surface area contributed by atoms with Gasteiger partial charge in [-0.2, -0.15) is 0 Å². The van der Waals surface area contributed by atoms with Crippen LogP contribution >= 0.6 is 24.0 Å². The van der Waals surface area contributed by atoms with Crippen LogP contribution in [0.2, 0.25) is 0 Å². The molecule has 0 aromatic rings. The quantitative estimate of drug-likeness (QED) is 0.214. The summed E-state index contributed by atoms with van der Waals surface area (Å²) in [6.45, 7) is 8.62. The van der Waals surface area contributed by atoms with Crippen molar-refractivity contribution in [2.24, 2.45) is 16.3 Å². The van der Waals surface area contributed by atoms with Gasteiger partial charge in [-0.05, 0) is 37.5 Å². The summed E-state index contributed by atoms with van der Waals surface area (Å²) in [5.74, 6) is 2.00. The summed E-state index contributed by atoms with van der Waals surface area (Å²) < 4.78 is 22.7. The number of hydrogen-bond acceptors (Lipinski definition) is 3. The van der Waals surface area contributed by atoms with Gasteiger partial charge in [0.25, 0.3) is 0 Å². The predicted octanol–water partition coefficient (Wildman–Crippen LogP) is 3.59. The zero-order chi connectivity index (χ0) is 18.1. The monoisotopic (exact) mass is 487 g/mol. The molecule has 0 aliphatic heterocycles. The third-order valence-corrected chi connectivity index (χ3v) is 5.66. The Bertz CT molecular complexity index is 487. The Morgan fingerprint density at radius 2 is 1.84 bits per heavy atom.